The minimum Gasteiger partial charge on any atom is -0.334 e. The lowest BCUT2D eigenvalue weighted by atomic mass is 10.2. The first kappa shape index (κ1) is 13.5. The fourth-order valence-electron chi connectivity index (χ4n) is 1.67. The molecule has 4 nitrogen and oxygen atoms in total. The average molecular weight is 235 g/mol. The molecule has 0 radical (unpaired) electrons. The molecule has 0 saturated carbocycles. The first-order chi connectivity index (χ1) is 8.15. The van der Waals surface area contributed by atoms with Crippen molar-refractivity contribution in [2.45, 2.75) is 32.7 Å². The Morgan fingerprint density at radius 1 is 1.47 bits per heavy atom. The summed E-state index contributed by atoms with van der Waals surface area (Å²) in [6.45, 7) is 4.53. The van der Waals surface area contributed by atoms with Crippen molar-refractivity contribution in [1.82, 2.24) is 5.32 Å². The van der Waals surface area contributed by atoms with Crippen molar-refractivity contribution in [2.75, 3.05) is 11.9 Å². The molecule has 0 fully saturated rings. The van der Waals surface area contributed by atoms with Crippen molar-refractivity contribution in [3.63, 3.8) is 0 Å². The molecule has 1 unspecified atom stereocenters. The highest BCUT2D eigenvalue weighted by Gasteiger charge is 2.09. The maximum absolute atomic E-state index is 11.7. The molecule has 0 heterocycles. The van der Waals surface area contributed by atoms with Crippen molar-refractivity contribution in [3.8, 4) is 0 Å². The Bertz CT molecular complexity index is 365. The molecule has 0 aliphatic rings. The molecule has 1 rings (SSSR count). The van der Waals surface area contributed by atoms with Crippen molar-refractivity contribution >= 4 is 11.7 Å². The maximum Gasteiger partial charge on any atom is 0.319 e. The van der Waals surface area contributed by atoms with Crippen LogP contribution in [0.15, 0.2) is 24.3 Å². The average Bonchev–Trinajstić information content (AvgIpc) is 2.28. The normalized spacial score (nSPS) is 11.9. The molecule has 0 aromatic heterocycles. The van der Waals surface area contributed by atoms with Crippen LogP contribution in [0.5, 0.6) is 0 Å². The highest BCUT2D eigenvalue weighted by molar-refractivity contribution is 5.89. The van der Waals surface area contributed by atoms with Gasteiger partial charge in [0.15, 0.2) is 0 Å². The summed E-state index contributed by atoms with van der Waals surface area (Å²) < 4.78 is 0. The number of rotatable bonds is 5. The van der Waals surface area contributed by atoms with E-state index in [4.69, 9.17) is 5.73 Å². The van der Waals surface area contributed by atoms with Crippen LogP contribution in [-0.4, -0.2) is 18.6 Å². The molecule has 1 aromatic rings. The Labute approximate surface area is 103 Å². The van der Waals surface area contributed by atoms with Gasteiger partial charge in [-0.1, -0.05) is 25.5 Å². The molecule has 17 heavy (non-hydrogen) atoms. The fourth-order valence-corrected chi connectivity index (χ4v) is 1.67. The lowest BCUT2D eigenvalue weighted by Crippen LogP contribution is -2.42. The van der Waals surface area contributed by atoms with E-state index in [0.717, 1.165) is 24.1 Å². The fraction of sp³-hybridized carbons (Fsp3) is 0.462. The van der Waals surface area contributed by atoms with Crippen LogP contribution in [0.2, 0.25) is 0 Å². The first-order valence-electron chi connectivity index (χ1n) is 6.00. The number of urea groups is 1. The van der Waals surface area contributed by atoms with Crippen LogP contribution in [0.1, 0.15) is 25.3 Å². The molecule has 4 N–H and O–H groups in total. The van der Waals surface area contributed by atoms with Crippen molar-refractivity contribution in [1.29, 1.82) is 0 Å². The third-order valence-corrected chi connectivity index (χ3v) is 2.53. The maximum atomic E-state index is 11.7. The smallest absolute Gasteiger partial charge is 0.319 e. The van der Waals surface area contributed by atoms with Crippen LogP contribution in [0.3, 0.4) is 0 Å². The topological polar surface area (TPSA) is 67.1 Å². The quantitative estimate of drug-likeness (QED) is 0.732. The molecule has 0 spiro atoms. The number of amides is 2. The zero-order chi connectivity index (χ0) is 12.7. The van der Waals surface area contributed by atoms with Gasteiger partial charge in [-0.15, -0.1) is 0 Å². The van der Waals surface area contributed by atoms with Gasteiger partial charge in [-0.2, -0.15) is 0 Å². The Morgan fingerprint density at radius 3 is 2.82 bits per heavy atom. The van der Waals surface area contributed by atoms with E-state index in [9.17, 15) is 4.79 Å². The SMILES string of the molecule is CCCC(CN)NC(=O)Nc1cccc(C)c1. The number of benzene rings is 1. The molecular weight excluding hydrogens is 214 g/mol. The molecule has 2 amide bonds. The molecule has 94 valence electrons. The molecular formula is C13H21N3O. The largest absolute Gasteiger partial charge is 0.334 e. The lowest BCUT2D eigenvalue weighted by Gasteiger charge is -2.16. The summed E-state index contributed by atoms with van der Waals surface area (Å²) in [5.41, 5.74) is 7.50. The number of carbonyl (C=O) groups excluding carboxylic acids is 1. The minimum atomic E-state index is -0.195. The number of hydrogen-bond donors (Lipinski definition) is 3. The van der Waals surface area contributed by atoms with Crippen LogP contribution < -0.4 is 16.4 Å². The van der Waals surface area contributed by atoms with E-state index in [1.165, 1.54) is 0 Å². The van der Waals surface area contributed by atoms with Gasteiger partial charge in [-0.25, -0.2) is 4.79 Å². The number of hydrogen-bond acceptors (Lipinski definition) is 2. The standard InChI is InChI=1S/C13H21N3O/c1-3-5-12(9-14)16-13(17)15-11-7-4-6-10(2)8-11/h4,6-8,12H,3,5,9,14H2,1-2H3,(H2,15,16,17). The highest BCUT2D eigenvalue weighted by atomic mass is 16.2. The second kappa shape index (κ2) is 6.91. The van der Waals surface area contributed by atoms with Gasteiger partial charge in [-0.3, -0.25) is 0 Å². The van der Waals surface area contributed by atoms with Gasteiger partial charge < -0.3 is 16.4 Å². The summed E-state index contributed by atoms with van der Waals surface area (Å²) >= 11 is 0. The third-order valence-electron chi connectivity index (χ3n) is 2.53. The van der Waals surface area contributed by atoms with E-state index < -0.39 is 0 Å². The second-order valence-corrected chi connectivity index (χ2v) is 4.19. The van der Waals surface area contributed by atoms with Crippen molar-refractivity contribution in [3.05, 3.63) is 29.8 Å². The predicted octanol–water partition coefficient (Wildman–Crippen LogP) is 2.24. The van der Waals surface area contributed by atoms with Crippen LogP contribution in [0.25, 0.3) is 0 Å². The molecule has 0 bridgehead atoms. The lowest BCUT2D eigenvalue weighted by molar-refractivity contribution is 0.248. The van der Waals surface area contributed by atoms with Gasteiger partial charge >= 0.3 is 6.03 Å². The summed E-state index contributed by atoms with van der Waals surface area (Å²) in [4.78, 5) is 11.7. The van der Waals surface area contributed by atoms with Crippen LogP contribution in [0.4, 0.5) is 10.5 Å². The molecule has 0 aliphatic carbocycles. The molecule has 0 aliphatic heterocycles. The van der Waals surface area contributed by atoms with Gasteiger partial charge in [0.25, 0.3) is 0 Å². The van der Waals surface area contributed by atoms with E-state index in [0.29, 0.717) is 6.54 Å². The number of anilines is 1. The summed E-state index contributed by atoms with van der Waals surface area (Å²) in [5, 5.41) is 5.66. The van der Waals surface area contributed by atoms with Gasteiger partial charge in [-0.05, 0) is 31.0 Å². The number of aryl methyl sites for hydroxylation is 1. The zero-order valence-electron chi connectivity index (χ0n) is 10.5. The van der Waals surface area contributed by atoms with Crippen LogP contribution in [0, 0.1) is 6.92 Å². The van der Waals surface area contributed by atoms with Crippen LogP contribution >= 0.6 is 0 Å². The van der Waals surface area contributed by atoms with E-state index in [2.05, 4.69) is 17.6 Å². The number of nitrogens with two attached hydrogens (primary N) is 1. The van der Waals surface area contributed by atoms with E-state index in [-0.39, 0.29) is 12.1 Å². The first-order valence-corrected chi connectivity index (χ1v) is 6.00. The summed E-state index contributed by atoms with van der Waals surface area (Å²) in [6, 6.07) is 7.55. The molecule has 1 aromatic carbocycles. The van der Waals surface area contributed by atoms with E-state index in [1.54, 1.807) is 0 Å². The Morgan fingerprint density at radius 2 is 2.24 bits per heavy atom. The molecule has 4 heteroatoms. The summed E-state index contributed by atoms with van der Waals surface area (Å²) in [7, 11) is 0. The van der Waals surface area contributed by atoms with Gasteiger partial charge in [0.05, 0.1) is 0 Å². The van der Waals surface area contributed by atoms with Gasteiger partial charge in [0, 0.05) is 18.3 Å². The van der Waals surface area contributed by atoms with Crippen molar-refractivity contribution < 1.29 is 4.79 Å². The van der Waals surface area contributed by atoms with E-state index in [1.807, 2.05) is 31.2 Å². The van der Waals surface area contributed by atoms with Gasteiger partial charge in [0.1, 0.15) is 0 Å². The highest BCUT2D eigenvalue weighted by Crippen LogP contribution is 2.09. The Kier molecular flexibility index (Phi) is 5.49. The molecule has 1 atom stereocenters. The predicted molar refractivity (Wildman–Crippen MR) is 71.1 cm³/mol. The Hall–Kier alpha value is -1.55. The van der Waals surface area contributed by atoms with Gasteiger partial charge in [0.2, 0.25) is 0 Å². The molecule has 0 saturated heterocycles. The summed E-state index contributed by atoms with van der Waals surface area (Å²) in [6.07, 6.45) is 1.91. The van der Waals surface area contributed by atoms with Crippen molar-refractivity contribution in [2.24, 2.45) is 5.73 Å². The van der Waals surface area contributed by atoms with E-state index >= 15 is 0 Å². The monoisotopic (exact) mass is 235 g/mol. The van der Waals surface area contributed by atoms with Crippen LogP contribution in [-0.2, 0) is 0 Å². The minimum absolute atomic E-state index is 0.0461. The number of carbonyl (C=O) groups is 1. The second-order valence-electron chi connectivity index (χ2n) is 4.19. The number of nitrogens with one attached hydrogen (secondary N) is 2. The Balaban J connectivity index is 2.49. The zero-order valence-corrected chi connectivity index (χ0v) is 10.5. The summed E-state index contributed by atoms with van der Waals surface area (Å²) in [5.74, 6) is 0. The third kappa shape index (κ3) is 4.87.